The number of para-hydroxylation sites is 1. The summed E-state index contributed by atoms with van der Waals surface area (Å²) in [6.45, 7) is 1.67. The van der Waals surface area contributed by atoms with Crippen LogP contribution in [0.4, 0.5) is 0 Å². The number of hydrogen-bond donors (Lipinski definition) is 0. The first kappa shape index (κ1) is 13.6. The van der Waals surface area contributed by atoms with Gasteiger partial charge in [0.05, 0.1) is 5.52 Å². The molecule has 3 rings (SSSR count). The van der Waals surface area contributed by atoms with E-state index in [4.69, 9.17) is 0 Å². The molecule has 1 fully saturated rings. The molecule has 1 aliphatic heterocycles. The predicted octanol–water partition coefficient (Wildman–Crippen LogP) is 3.02. The molecule has 20 heavy (non-hydrogen) atoms. The number of amides is 1. The fourth-order valence-corrected chi connectivity index (χ4v) is 3.23. The number of benzene rings is 1. The minimum atomic E-state index is 0.280. The topological polar surface area (TPSA) is 33.2 Å². The molecule has 0 bridgehead atoms. The number of pyridine rings is 1. The lowest BCUT2D eigenvalue weighted by molar-refractivity contribution is -0.127. The van der Waals surface area contributed by atoms with Gasteiger partial charge in [-0.25, -0.2) is 0 Å². The zero-order valence-corrected chi connectivity index (χ0v) is 12.8. The molecule has 0 spiro atoms. The smallest absolute Gasteiger partial charge is 0.222 e. The van der Waals surface area contributed by atoms with Crippen molar-refractivity contribution in [3.05, 3.63) is 42.1 Å². The number of hydrogen-bond acceptors (Lipinski definition) is 2. The van der Waals surface area contributed by atoms with Crippen LogP contribution in [0, 0.1) is 5.92 Å². The van der Waals surface area contributed by atoms with E-state index in [0.717, 1.165) is 35.7 Å². The molecule has 1 aromatic heterocycles. The molecular weight excluding hydrogens is 316 g/mol. The molecule has 0 radical (unpaired) electrons. The van der Waals surface area contributed by atoms with Crippen molar-refractivity contribution in [3.8, 4) is 0 Å². The van der Waals surface area contributed by atoms with Gasteiger partial charge in [0.25, 0.3) is 0 Å². The molecule has 0 saturated carbocycles. The van der Waals surface area contributed by atoms with Crippen LogP contribution in [0.5, 0.6) is 0 Å². The molecule has 3 nitrogen and oxygen atoms in total. The lowest BCUT2D eigenvalue weighted by Gasteiger charge is -2.16. The minimum absolute atomic E-state index is 0.280. The molecule has 4 heteroatoms. The maximum atomic E-state index is 11.9. The lowest BCUT2D eigenvalue weighted by atomic mass is 10.1. The summed E-state index contributed by atoms with van der Waals surface area (Å²) >= 11 is 3.47. The third kappa shape index (κ3) is 2.70. The fourth-order valence-electron chi connectivity index (χ4n) is 2.80. The number of halogens is 1. The zero-order chi connectivity index (χ0) is 13.9. The van der Waals surface area contributed by atoms with Gasteiger partial charge >= 0.3 is 0 Å². The number of carbonyl (C=O) groups is 1. The molecule has 1 amide bonds. The normalized spacial score (nSPS) is 18.9. The summed E-state index contributed by atoms with van der Waals surface area (Å²) in [7, 11) is 0. The zero-order valence-electron chi connectivity index (χ0n) is 11.3. The molecule has 2 aromatic rings. The van der Waals surface area contributed by atoms with E-state index in [1.807, 2.05) is 17.2 Å². The lowest BCUT2D eigenvalue weighted by Crippen LogP contribution is -2.27. The average Bonchev–Trinajstić information content (AvgIpc) is 2.85. The maximum Gasteiger partial charge on any atom is 0.222 e. The van der Waals surface area contributed by atoms with Crippen LogP contribution in [0.15, 0.2) is 36.5 Å². The molecule has 1 unspecified atom stereocenters. The number of carbonyl (C=O) groups excluding carboxylic acids is 1. The highest BCUT2D eigenvalue weighted by Gasteiger charge is 2.28. The van der Waals surface area contributed by atoms with Gasteiger partial charge in [0.2, 0.25) is 5.91 Å². The molecule has 1 aliphatic rings. The molecular formula is C16H17BrN2O. The van der Waals surface area contributed by atoms with E-state index < -0.39 is 0 Å². The highest BCUT2D eigenvalue weighted by atomic mass is 79.9. The maximum absolute atomic E-state index is 11.9. The summed E-state index contributed by atoms with van der Waals surface area (Å²) in [5, 5.41) is 2.07. The van der Waals surface area contributed by atoms with Crippen molar-refractivity contribution >= 4 is 32.7 Å². The number of alkyl halides is 1. The Morgan fingerprint density at radius 1 is 1.30 bits per heavy atom. The van der Waals surface area contributed by atoms with Crippen LogP contribution in [0.25, 0.3) is 10.9 Å². The Bertz CT molecular complexity index is 623. The van der Waals surface area contributed by atoms with Crippen molar-refractivity contribution in [1.29, 1.82) is 0 Å². The Labute approximate surface area is 127 Å². The van der Waals surface area contributed by atoms with Gasteiger partial charge in [0.15, 0.2) is 0 Å². The second-order valence-corrected chi connectivity index (χ2v) is 5.95. The van der Waals surface area contributed by atoms with Gasteiger partial charge in [-0.05, 0) is 24.0 Å². The molecule has 104 valence electrons. The fraction of sp³-hybridized carbons (Fsp3) is 0.375. The summed E-state index contributed by atoms with van der Waals surface area (Å²) in [6, 6.07) is 10.3. The van der Waals surface area contributed by atoms with Crippen LogP contribution in [0.1, 0.15) is 12.0 Å². The van der Waals surface area contributed by atoms with E-state index in [2.05, 4.69) is 45.2 Å². The van der Waals surface area contributed by atoms with Gasteiger partial charge in [-0.3, -0.25) is 9.78 Å². The second kappa shape index (κ2) is 5.92. The van der Waals surface area contributed by atoms with Crippen molar-refractivity contribution in [1.82, 2.24) is 9.88 Å². The van der Waals surface area contributed by atoms with Crippen LogP contribution in [-0.2, 0) is 11.2 Å². The Hall–Kier alpha value is -1.42. The summed E-state index contributed by atoms with van der Waals surface area (Å²) in [5.74, 6) is 0.746. The van der Waals surface area contributed by atoms with Crippen LogP contribution in [0.3, 0.4) is 0 Å². The van der Waals surface area contributed by atoms with Crippen LogP contribution in [-0.4, -0.2) is 34.2 Å². The van der Waals surface area contributed by atoms with E-state index in [1.54, 1.807) is 0 Å². The van der Waals surface area contributed by atoms with Gasteiger partial charge in [-0.15, -0.1) is 0 Å². The Morgan fingerprint density at radius 2 is 2.15 bits per heavy atom. The number of rotatable bonds is 4. The van der Waals surface area contributed by atoms with Gasteiger partial charge in [-0.1, -0.05) is 40.2 Å². The van der Waals surface area contributed by atoms with Crippen molar-refractivity contribution in [3.63, 3.8) is 0 Å². The standard InChI is InChI=1S/C16H17BrN2O/c17-10-12-9-15(20)19(11-12)8-6-14-4-1-3-13-5-2-7-18-16(13)14/h1-5,7,12H,6,8-11H2. The quantitative estimate of drug-likeness (QED) is 0.806. The molecule has 0 N–H and O–H groups in total. The monoisotopic (exact) mass is 332 g/mol. The van der Waals surface area contributed by atoms with Gasteiger partial charge < -0.3 is 4.90 Å². The SMILES string of the molecule is O=C1CC(CBr)CN1CCc1cccc2cccnc12. The third-order valence-corrected chi connectivity index (χ3v) is 4.80. The van der Waals surface area contributed by atoms with Crippen LogP contribution >= 0.6 is 15.9 Å². The highest BCUT2D eigenvalue weighted by molar-refractivity contribution is 9.09. The molecule has 0 aliphatic carbocycles. The molecule has 1 atom stereocenters. The van der Waals surface area contributed by atoms with E-state index >= 15 is 0 Å². The summed E-state index contributed by atoms with van der Waals surface area (Å²) in [5.41, 5.74) is 2.27. The van der Waals surface area contributed by atoms with E-state index in [1.165, 1.54) is 5.56 Å². The van der Waals surface area contributed by atoms with Crippen molar-refractivity contribution in [2.45, 2.75) is 12.8 Å². The Morgan fingerprint density at radius 3 is 2.95 bits per heavy atom. The predicted molar refractivity (Wildman–Crippen MR) is 83.9 cm³/mol. The highest BCUT2D eigenvalue weighted by Crippen LogP contribution is 2.21. The van der Waals surface area contributed by atoms with Crippen LogP contribution < -0.4 is 0 Å². The summed E-state index contributed by atoms with van der Waals surface area (Å²) in [6.07, 6.45) is 3.38. The molecule has 2 heterocycles. The first-order chi connectivity index (χ1) is 9.78. The van der Waals surface area contributed by atoms with E-state index in [9.17, 15) is 4.79 Å². The van der Waals surface area contributed by atoms with Gasteiger partial charge in [0, 0.05) is 36.4 Å². The molecule has 1 saturated heterocycles. The Balaban J connectivity index is 1.73. The number of fused-ring (bicyclic) bond motifs is 1. The number of likely N-dealkylation sites (tertiary alicyclic amines) is 1. The van der Waals surface area contributed by atoms with Crippen molar-refractivity contribution < 1.29 is 4.79 Å². The third-order valence-electron chi connectivity index (χ3n) is 3.88. The summed E-state index contributed by atoms with van der Waals surface area (Å²) in [4.78, 5) is 18.4. The largest absolute Gasteiger partial charge is 0.342 e. The van der Waals surface area contributed by atoms with Gasteiger partial charge in [0.1, 0.15) is 0 Å². The summed E-state index contributed by atoms with van der Waals surface area (Å²) < 4.78 is 0. The minimum Gasteiger partial charge on any atom is -0.342 e. The van der Waals surface area contributed by atoms with E-state index in [0.29, 0.717) is 12.3 Å². The van der Waals surface area contributed by atoms with Crippen molar-refractivity contribution in [2.24, 2.45) is 5.92 Å². The number of nitrogens with zero attached hydrogens (tertiary/aromatic N) is 2. The molecule has 1 aromatic carbocycles. The van der Waals surface area contributed by atoms with E-state index in [-0.39, 0.29) is 5.91 Å². The first-order valence-electron chi connectivity index (χ1n) is 6.94. The van der Waals surface area contributed by atoms with Crippen molar-refractivity contribution in [2.75, 3.05) is 18.4 Å². The number of aromatic nitrogens is 1. The Kier molecular flexibility index (Phi) is 4.01. The second-order valence-electron chi connectivity index (χ2n) is 5.31. The van der Waals surface area contributed by atoms with Gasteiger partial charge in [-0.2, -0.15) is 0 Å². The first-order valence-corrected chi connectivity index (χ1v) is 8.06. The van der Waals surface area contributed by atoms with Crippen LogP contribution in [0.2, 0.25) is 0 Å². The average molecular weight is 333 g/mol.